The SMILES string of the molecule is C=CC(=CC)c1cc(Cn2ncnc2OC)cnc1OC(F)F. The van der Waals surface area contributed by atoms with Gasteiger partial charge in [0.2, 0.25) is 5.88 Å². The van der Waals surface area contributed by atoms with Gasteiger partial charge in [-0.1, -0.05) is 18.7 Å². The molecule has 0 radical (unpaired) electrons. The summed E-state index contributed by atoms with van der Waals surface area (Å²) >= 11 is 0. The van der Waals surface area contributed by atoms with Crippen molar-refractivity contribution in [3.63, 3.8) is 0 Å². The van der Waals surface area contributed by atoms with Crippen molar-refractivity contribution >= 4 is 5.57 Å². The van der Waals surface area contributed by atoms with Gasteiger partial charge in [0.15, 0.2) is 0 Å². The normalized spacial score (nSPS) is 11.6. The third kappa shape index (κ3) is 3.91. The molecule has 0 aliphatic heterocycles. The van der Waals surface area contributed by atoms with Crippen LogP contribution in [0, 0.1) is 0 Å². The van der Waals surface area contributed by atoms with E-state index >= 15 is 0 Å². The number of nitrogens with zero attached hydrogens (tertiary/aromatic N) is 4. The van der Waals surface area contributed by atoms with Gasteiger partial charge < -0.3 is 9.47 Å². The molecule has 6 nitrogen and oxygen atoms in total. The lowest BCUT2D eigenvalue weighted by molar-refractivity contribution is -0.0530. The Morgan fingerprint density at radius 3 is 2.83 bits per heavy atom. The molecule has 0 bridgehead atoms. The standard InChI is InChI=1S/C15H16F2N4O2/c1-4-11(5-2)12-6-10(7-18-13(12)23-14(16)17)8-21-15(22-3)19-9-20-21/h4-7,9,14H,1,8H2,2-3H3. The van der Waals surface area contributed by atoms with Crippen LogP contribution in [-0.4, -0.2) is 33.5 Å². The van der Waals surface area contributed by atoms with Crippen LogP contribution in [0.3, 0.4) is 0 Å². The van der Waals surface area contributed by atoms with E-state index in [0.29, 0.717) is 23.7 Å². The van der Waals surface area contributed by atoms with Crippen molar-refractivity contribution in [3.8, 4) is 11.9 Å². The number of aromatic nitrogens is 4. The molecular formula is C15H16F2N4O2. The maximum atomic E-state index is 12.5. The van der Waals surface area contributed by atoms with Gasteiger partial charge in [-0.05, 0) is 24.1 Å². The van der Waals surface area contributed by atoms with E-state index in [1.165, 1.54) is 24.3 Å². The molecule has 0 saturated carbocycles. The highest BCUT2D eigenvalue weighted by Crippen LogP contribution is 2.27. The third-order valence-corrected chi connectivity index (χ3v) is 3.05. The van der Waals surface area contributed by atoms with Crippen LogP contribution in [0.5, 0.6) is 11.9 Å². The number of ether oxygens (including phenoxy) is 2. The molecule has 2 rings (SSSR count). The largest absolute Gasteiger partial charge is 0.467 e. The van der Waals surface area contributed by atoms with Crippen molar-refractivity contribution in [2.24, 2.45) is 0 Å². The average molecular weight is 322 g/mol. The van der Waals surface area contributed by atoms with Gasteiger partial charge in [0.25, 0.3) is 0 Å². The zero-order valence-electron chi connectivity index (χ0n) is 12.7. The predicted octanol–water partition coefficient (Wildman–Crippen LogP) is 2.92. The zero-order chi connectivity index (χ0) is 16.8. The van der Waals surface area contributed by atoms with Crippen LogP contribution in [0.15, 0.2) is 37.3 Å². The van der Waals surface area contributed by atoms with Gasteiger partial charge in [0.1, 0.15) is 6.33 Å². The summed E-state index contributed by atoms with van der Waals surface area (Å²) in [6, 6.07) is 2.04. The maximum absolute atomic E-state index is 12.5. The van der Waals surface area contributed by atoms with Crippen LogP contribution in [0.4, 0.5) is 8.78 Å². The molecule has 2 heterocycles. The summed E-state index contributed by atoms with van der Waals surface area (Å²) in [6.07, 6.45) is 6.10. The molecule has 0 amide bonds. The first kappa shape index (κ1) is 16.6. The second kappa shape index (κ2) is 7.48. The molecule has 0 unspecified atom stereocenters. The highest BCUT2D eigenvalue weighted by Gasteiger charge is 2.15. The summed E-state index contributed by atoms with van der Waals surface area (Å²) in [7, 11) is 1.49. The van der Waals surface area contributed by atoms with Gasteiger partial charge in [0, 0.05) is 11.8 Å². The topological polar surface area (TPSA) is 62.1 Å². The molecule has 23 heavy (non-hydrogen) atoms. The van der Waals surface area contributed by atoms with Crippen LogP contribution in [-0.2, 0) is 6.54 Å². The summed E-state index contributed by atoms with van der Waals surface area (Å²) in [5.41, 5.74) is 1.80. The molecule has 0 fully saturated rings. The fourth-order valence-electron chi connectivity index (χ4n) is 2.04. The summed E-state index contributed by atoms with van der Waals surface area (Å²) in [6.45, 7) is 2.82. The highest BCUT2D eigenvalue weighted by molar-refractivity contribution is 5.76. The number of methoxy groups -OCH3 is 1. The van der Waals surface area contributed by atoms with Gasteiger partial charge in [-0.15, -0.1) is 0 Å². The quantitative estimate of drug-likeness (QED) is 0.734. The monoisotopic (exact) mass is 322 g/mol. The van der Waals surface area contributed by atoms with Crippen molar-refractivity contribution in [1.29, 1.82) is 0 Å². The minimum atomic E-state index is -2.95. The van der Waals surface area contributed by atoms with Crippen LogP contribution >= 0.6 is 0 Å². The van der Waals surface area contributed by atoms with Crippen LogP contribution in [0.25, 0.3) is 5.57 Å². The number of rotatable bonds is 7. The smallest absolute Gasteiger partial charge is 0.388 e. The second-order valence-corrected chi connectivity index (χ2v) is 4.43. The maximum Gasteiger partial charge on any atom is 0.388 e. The van der Waals surface area contributed by atoms with E-state index in [9.17, 15) is 8.78 Å². The fourth-order valence-corrected chi connectivity index (χ4v) is 2.04. The van der Waals surface area contributed by atoms with E-state index < -0.39 is 6.61 Å². The molecule has 0 N–H and O–H groups in total. The van der Waals surface area contributed by atoms with Gasteiger partial charge in [-0.3, -0.25) is 0 Å². The lowest BCUT2D eigenvalue weighted by Crippen LogP contribution is -2.09. The Labute approximate surface area is 132 Å². The van der Waals surface area contributed by atoms with Crippen molar-refractivity contribution in [2.45, 2.75) is 20.1 Å². The molecule has 8 heteroatoms. The molecular weight excluding hydrogens is 306 g/mol. The van der Waals surface area contributed by atoms with Gasteiger partial charge in [-0.2, -0.15) is 18.9 Å². The Hall–Kier alpha value is -2.77. The van der Waals surface area contributed by atoms with E-state index in [1.54, 1.807) is 25.1 Å². The first-order valence-electron chi connectivity index (χ1n) is 6.73. The Balaban J connectivity index is 2.39. The number of allylic oxidation sites excluding steroid dienone is 3. The number of hydrogen-bond acceptors (Lipinski definition) is 5. The Kier molecular flexibility index (Phi) is 5.40. The second-order valence-electron chi connectivity index (χ2n) is 4.43. The van der Waals surface area contributed by atoms with Crippen molar-refractivity contribution in [3.05, 3.63) is 48.4 Å². The molecule has 122 valence electrons. The lowest BCUT2D eigenvalue weighted by atomic mass is 10.1. The molecule has 0 aromatic carbocycles. The van der Waals surface area contributed by atoms with Crippen molar-refractivity contribution in [1.82, 2.24) is 19.7 Å². The van der Waals surface area contributed by atoms with Gasteiger partial charge >= 0.3 is 12.6 Å². The minimum absolute atomic E-state index is 0.151. The summed E-state index contributed by atoms with van der Waals surface area (Å²) in [4.78, 5) is 7.91. The van der Waals surface area contributed by atoms with E-state index in [2.05, 4.69) is 26.4 Å². The Morgan fingerprint density at radius 1 is 1.43 bits per heavy atom. The minimum Gasteiger partial charge on any atom is -0.467 e. The van der Waals surface area contributed by atoms with Gasteiger partial charge in [-0.25, -0.2) is 9.67 Å². The van der Waals surface area contributed by atoms with Crippen LogP contribution < -0.4 is 9.47 Å². The predicted molar refractivity (Wildman–Crippen MR) is 80.4 cm³/mol. The number of hydrogen-bond donors (Lipinski definition) is 0. The van der Waals surface area contributed by atoms with E-state index in [0.717, 1.165) is 5.56 Å². The third-order valence-electron chi connectivity index (χ3n) is 3.05. The summed E-state index contributed by atoms with van der Waals surface area (Å²) in [5, 5.41) is 4.03. The molecule has 0 saturated heterocycles. The van der Waals surface area contributed by atoms with Crippen LogP contribution in [0.1, 0.15) is 18.1 Å². The highest BCUT2D eigenvalue weighted by atomic mass is 19.3. The van der Waals surface area contributed by atoms with Gasteiger partial charge in [0.05, 0.1) is 13.7 Å². The summed E-state index contributed by atoms with van der Waals surface area (Å²) < 4.78 is 36.1. The van der Waals surface area contributed by atoms with Crippen molar-refractivity contribution < 1.29 is 18.3 Å². The average Bonchev–Trinajstić information content (AvgIpc) is 2.97. The zero-order valence-corrected chi connectivity index (χ0v) is 12.7. The Bertz CT molecular complexity index is 713. The first-order valence-corrected chi connectivity index (χ1v) is 6.73. The first-order chi connectivity index (χ1) is 11.1. The van der Waals surface area contributed by atoms with E-state index in [1.807, 2.05) is 0 Å². The molecule has 2 aromatic rings. The molecule has 0 aliphatic rings. The number of halogens is 2. The Morgan fingerprint density at radius 2 is 2.22 bits per heavy atom. The lowest BCUT2D eigenvalue weighted by Gasteiger charge is -2.12. The molecule has 0 aliphatic carbocycles. The fraction of sp³-hybridized carbons (Fsp3) is 0.267. The number of alkyl halides is 2. The van der Waals surface area contributed by atoms with E-state index in [-0.39, 0.29) is 5.88 Å². The number of pyridine rings is 1. The molecule has 0 atom stereocenters. The molecule has 0 spiro atoms. The van der Waals surface area contributed by atoms with E-state index in [4.69, 9.17) is 4.74 Å². The molecule has 2 aromatic heterocycles. The van der Waals surface area contributed by atoms with Crippen molar-refractivity contribution in [2.75, 3.05) is 7.11 Å². The summed E-state index contributed by atoms with van der Waals surface area (Å²) in [5.74, 6) is -0.151. The van der Waals surface area contributed by atoms with Crippen LogP contribution in [0.2, 0.25) is 0 Å².